The van der Waals surface area contributed by atoms with Gasteiger partial charge < -0.3 is 0 Å². The number of azide groups is 1. The molecule has 6 heteroatoms. The van der Waals surface area contributed by atoms with Crippen molar-refractivity contribution in [3.8, 4) is 11.1 Å². The van der Waals surface area contributed by atoms with Gasteiger partial charge in [0.25, 0.3) is 5.91 Å². The number of hydrogen-bond donors (Lipinski definition) is 2. The molecule has 0 aliphatic heterocycles. The molecule has 0 aromatic heterocycles. The zero-order valence-corrected chi connectivity index (χ0v) is 10.7. The van der Waals surface area contributed by atoms with Crippen LogP contribution in [0.3, 0.4) is 0 Å². The SMILES string of the molecule is [N-]=[N+]=NCc1cccc(-c2ccc(C(=O)NN)cc2)c1. The Morgan fingerprint density at radius 1 is 1.20 bits per heavy atom. The predicted octanol–water partition coefficient (Wildman–Crippen LogP) is 2.77. The summed E-state index contributed by atoms with van der Waals surface area (Å²) in [4.78, 5) is 14.1. The van der Waals surface area contributed by atoms with Gasteiger partial charge >= 0.3 is 0 Å². The van der Waals surface area contributed by atoms with Gasteiger partial charge in [0.05, 0.1) is 6.54 Å². The molecule has 2 aromatic carbocycles. The van der Waals surface area contributed by atoms with Crippen LogP contribution in [-0.4, -0.2) is 5.91 Å². The van der Waals surface area contributed by atoms with Crippen molar-refractivity contribution in [2.75, 3.05) is 0 Å². The van der Waals surface area contributed by atoms with Gasteiger partial charge in [0.15, 0.2) is 0 Å². The lowest BCUT2D eigenvalue weighted by molar-refractivity contribution is 0.0953. The largest absolute Gasteiger partial charge is 0.290 e. The maximum atomic E-state index is 11.4. The number of hydrogen-bond acceptors (Lipinski definition) is 3. The van der Waals surface area contributed by atoms with Crippen LogP contribution in [0.5, 0.6) is 0 Å². The molecule has 0 saturated carbocycles. The Bertz CT molecular complexity index is 660. The summed E-state index contributed by atoms with van der Waals surface area (Å²) >= 11 is 0. The van der Waals surface area contributed by atoms with E-state index in [4.69, 9.17) is 11.4 Å². The van der Waals surface area contributed by atoms with E-state index >= 15 is 0 Å². The number of nitrogens with two attached hydrogens (primary N) is 1. The summed E-state index contributed by atoms with van der Waals surface area (Å²) in [6, 6.07) is 14.8. The zero-order chi connectivity index (χ0) is 14.4. The number of carbonyl (C=O) groups excluding carboxylic acids is 1. The Labute approximate surface area is 115 Å². The highest BCUT2D eigenvalue weighted by atomic mass is 16.2. The van der Waals surface area contributed by atoms with Crippen molar-refractivity contribution >= 4 is 5.91 Å². The molecule has 2 aromatic rings. The van der Waals surface area contributed by atoms with E-state index in [1.54, 1.807) is 12.1 Å². The predicted molar refractivity (Wildman–Crippen MR) is 76.4 cm³/mol. The third kappa shape index (κ3) is 3.14. The van der Waals surface area contributed by atoms with E-state index in [0.717, 1.165) is 16.7 Å². The first kappa shape index (κ1) is 13.6. The topological polar surface area (TPSA) is 104 Å². The molecule has 0 unspecified atom stereocenters. The fourth-order valence-corrected chi connectivity index (χ4v) is 1.86. The van der Waals surface area contributed by atoms with Gasteiger partial charge in [-0.15, -0.1) is 0 Å². The molecule has 0 aliphatic rings. The molecule has 0 fully saturated rings. The van der Waals surface area contributed by atoms with Gasteiger partial charge in [-0.3, -0.25) is 10.2 Å². The second-order valence-corrected chi connectivity index (χ2v) is 4.14. The second kappa shape index (κ2) is 6.38. The Balaban J connectivity index is 2.27. The first-order chi connectivity index (χ1) is 9.74. The van der Waals surface area contributed by atoms with Gasteiger partial charge in [0, 0.05) is 10.5 Å². The number of nitrogens with one attached hydrogen (secondary N) is 1. The number of nitrogen functional groups attached to an aromatic ring is 1. The van der Waals surface area contributed by atoms with E-state index in [-0.39, 0.29) is 5.91 Å². The van der Waals surface area contributed by atoms with Crippen LogP contribution in [0, 0.1) is 0 Å². The van der Waals surface area contributed by atoms with E-state index in [0.29, 0.717) is 12.1 Å². The molecule has 0 heterocycles. The molecule has 2 rings (SSSR count). The minimum Gasteiger partial charge on any atom is -0.290 e. The smallest absolute Gasteiger partial charge is 0.265 e. The summed E-state index contributed by atoms with van der Waals surface area (Å²) in [5.74, 6) is 4.76. The molecule has 3 N–H and O–H groups in total. The van der Waals surface area contributed by atoms with Crippen LogP contribution in [0.1, 0.15) is 15.9 Å². The van der Waals surface area contributed by atoms with Crippen LogP contribution in [0.25, 0.3) is 21.6 Å². The van der Waals surface area contributed by atoms with Crippen LogP contribution < -0.4 is 11.3 Å². The molecule has 0 saturated heterocycles. The molecule has 20 heavy (non-hydrogen) atoms. The normalized spacial score (nSPS) is 9.65. The van der Waals surface area contributed by atoms with E-state index < -0.39 is 0 Å². The van der Waals surface area contributed by atoms with Crippen LogP contribution in [-0.2, 0) is 6.54 Å². The van der Waals surface area contributed by atoms with E-state index in [2.05, 4.69) is 15.5 Å². The highest BCUT2D eigenvalue weighted by molar-refractivity contribution is 5.94. The fraction of sp³-hybridized carbons (Fsp3) is 0.0714. The highest BCUT2D eigenvalue weighted by Gasteiger charge is 2.04. The van der Waals surface area contributed by atoms with Gasteiger partial charge in [-0.25, -0.2) is 5.84 Å². The highest BCUT2D eigenvalue weighted by Crippen LogP contribution is 2.21. The van der Waals surface area contributed by atoms with Crippen molar-refractivity contribution in [2.45, 2.75) is 6.54 Å². The zero-order valence-electron chi connectivity index (χ0n) is 10.7. The molecule has 0 aliphatic carbocycles. The lowest BCUT2D eigenvalue weighted by Crippen LogP contribution is -2.29. The monoisotopic (exact) mass is 267 g/mol. The van der Waals surface area contributed by atoms with E-state index in [1.807, 2.05) is 36.4 Å². The van der Waals surface area contributed by atoms with Crippen molar-refractivity contribution in [3.05, 3.63) is 70.1 Å². The first-order valence-electron chi connectivity index (χ1n) is 5.96. The fourth-order valence-electron chi connectivity index (χ4n) is 1.86. The average Bonchev–Trinajstić information content (AvgIpc) is 2.52. The summed E-state index contributed by atoms with van der Waals surface area (Å²) in [7, 11) is 0. The van der Waals surface area contributed by atoms with Gasteiger partial charge in [-0.2, -0.15) is 0 Å². The maximum absolute atomic E-state index is 11.4. The number of rotatable bonds is 4. The second-order valence-electron chi connectivity index (χ2n) is 4.14. The van der Waals surface area contributed by atoms with E-state index in [1.165, 1.54) is 0 Å². The van der Waals surface area contributed by atoms with Crippen molar-refractivity contribution in [1.29, 1.82) is 0 Å². The molecule has 0 atom stereocenters. The van der Waals surface area contributed by atoms with Crippen LogP contribution in [0.2, 0.25) is 0 Å². The molecule has 1 amide bonds. The number of benzene rings is 2. The Morgan fingerprint density at radius 2 is 1.95 bits per heavy atom. The van der Waals surface area contributed by atoms with Crippen molar-refractivity contribution in [3.63, 3.8) is 0 Å². The molecule has 0 radical (unpaired) electrons. The summed E-state index contributed by atoms with van der Waals surface area (Å²) in [6.07, 6.45) is 0. The van der Waals surface area contributed by atoms with Gasteiger partial charge in [-0.1, -0.05) is 41.5 Å². The third-order valence-corrected chi connectivity index (χ3v) is 2.86. The number of nitrogens with zero attached hydrogens (tertiary/aromatic N) is 3. The van der Waals surface area contributed by atoms with Crippen LogP contribution in [0.4, 0.5) is 0 Å². The number of amides is 1. The number of hydrazine groups is 1. The lowest BCUT2D eigenvalue weighted by atomic mass is 10.0. The van der Waals surface area contributed by atoms with Crippen molar-refractivity contribution in [2.24, 2.45) is 11.0 Å². The first-order valence-corrected chi connectivity index (χ1v) is 5.96. The van der Waals surface area contributed by atoms with Gasteiger partial charge in [0.1, 0.15) is 0 Å². The van der Waals surface area contributed by atoms with Crippen LogP contribution in [0.15, 0.2) is 53.6 Å². The molecule has 6 nitrogen and oxygen atoms in total. The lowest BCUT2D eigenvalue weighted by Gasteiger charge is -2.05. The van der Waals surface area contributed by atoms with Crippen LogP contribution >= 0.6 is 0 Å². The summed E-state index contributed by atoms with van der Waals surface area (Å²) in [5, 5.41) is 3.54. The summed E-state index contributed by atoms with van der Waals surface area (Å²) in [6.45, 7) is 0.317. The van der Waals surface area contributed by atoms with Crippen molar-refractivity contribution < 1.29 is 4.79 Å². The average molecular weight is 267 g/mol. The minimum atomic E-state index is -0.325. The Kier molecular flexibility index (Phi) is 4.34. The summed E-state index contributed by atoms with van der Waals surface area (Å²) in [5.41, 5.74) is 13.8. The standard InChI is InChI=1S/C14H13N5O/c15-18-14(20)12-6-4-11(5-7-12)13-3-1-2-10(8-13)9-17-19-16/h1-8H,9,15H2,(H,18,20). The molecular weight excluding hydrogens is 254 g/mol. The summed E-state index contributed by atoms with van der Waals surface area (Å²) < 4.78 is 0. The third-order valence-electron chi connectivity index (χ3n) is 2.86. The maximum Gasteiger partial charge on any atom is 0.265 e. The Morgan fingerprint density at radius 3 is 2.60 bits per heavy atom. The quantitative estimate of drug-likeness (QED) is 0.222. The number of carbonyl (C=O) groups is 1. The van der Waals surface area contributed by atoms with Gasteiger partial charge in [0.2, 0.25) is 0 Å². The van der Waals surface area contributed by atoms with Gasteiger partial charge in [-0.05, 0) is 34.4 Å². The molecule has 0 bridgehead atoms. The molecular formula is C14H13N5O. The van der Waals surface area contributed by atoms with E-state index in [9.17, 15) is 4.79 Å². The molecule has 0 spiro atoms. The minimum absolute atomic E-state index is 0.317. The Hall–Kier alpha value is -2.82. The molecule has 100 valence electrons. The van der Waals surface area contributed by atoms with Crippen molar-refractivity contribution in [1.82, 2.24) is 5.43 Å².